The molecule has 3 heteroatoms. The first kappa shape index (κ1) is 9.16. The van der Waals surface area contributed by atoms with Gasteiger partial charge in [0.1, 0.15) is 0 Å². The summed E-state index contributed by atoms with van der Waals surface area (Å²) in [7, 11) is 0. The molecule has 0 aliphatic carbocycles. The Morgan fingerprint density at radius 1 is 1.42 bits per heavy atom. The van der Waals surface area contributed by atoms with Crippen molar-refractivity contribution >= 4 is 0 Å². The molecule has 0 aromatic heterocycles. The molecular weight excluding hydrogens is 155 g/mol. The maximum atomic E-state index is 12.9. The number of hydrogen-bond donors (Lipinski definition) is 1. The average Bonchev–Trinajstić information content (AvgIpc) is 2.06. The van der Waals surface area contributed by atoms with Crippen LogP contribution in [0, 0.1) is 0 Å². The molecule has 1 unspecified atom stereocenters. The Labute approximate surface area is 71.7 Å². The summed E-state index contributed by atoms with van der Waals surface area (Å²) in [6, 6.07) is 9.40. The monoisotopic (exact) mass is 168 g/mol. The fourth-order valence-electron chi connectivity index (χ4n) is 0.902. The van der Waals surface area contributed by atoms with Crippen molar-refractivity contribution < 1.29 is 4.48 Å². The van der Waals surface area contributed by atoms with E-state index in [0.717, 1.165) is 5.56 Å². The van der Waals surface area contributed by atoms with Crippen LogP contribution < -0.4 is 5.73 Å². The molecule has 2 nitrogen and oxygen atoms in total. The molecule has 0 radical (unpaired) electrons. The van der Waals surface area contributed by atoms with Crippen LogP contribution in [0.3, 0.4) is 0 Å². The molecule has 66 valence electrons. The lowest BCUT2D eigenvalue weighted by molar-refractivity contribution is -0.0220. The zero-order valence-corrected chi connectivity index (χ0v) is 7.07. The maximum Gasteiger partial charge on any atom is 0.0843 e. The lowest BCUT2D eigenvalue weighted by atomic mass is 10.2. The largest absolute Gasteiger partial charge is 0.314 e. The maximum absolute atomic E-state index is 12.9. The van der Waals surface area contributed by atoms with Crippen LogP contribution >= 0.6 is 0 Å². The summed E-state index contributed by atoms with van der Waals surface area (Å²) in [5.41, 5.74) is 6.26. The topological polar surface area (TPSA) is 29.3 Å². The quantitative estimate of drug-likeness (QED) is 0.549. The Kier molecular flexibility index (Phi) is 3.19. The van der Waals surface area contributed by atoms with Crippen molar-refractivity contribution in [2.75, 3.05) is 0 Å². The minimum Gasteiger partial charge on any atom is -0.314 e. The van der Waals surface area contributed by atoms with Crippen molar-refractivity contribution in [1.29, 1.82) is 0 Å². The molecule has 0 bridgehead atoms. The van der Waals surface area contributed by atoms with Crippen LogP contribution in [0.2, 0.25) is 0 Å². The summed E-state index contributed by atoms with van der Waals surface area (Å²) in [6.07, 6.45) is -0.551. The molecule has 0 heterocycles. The number of hydrogen-bond acceptors (Lipinski definition) is 2. The van der Waals surface area contributed by atoms with Crippen LogP contribution in [0.1, 0.15) is 12.5 Å². The van der Waals surface area contributed by atoms with E-state index in [9.17, 15) is 4.48 Å². The second kappa shape index (κ2) is 4.18. The minimum absolute atomic E-state index is 0.249. The first-order valence-corrected chi connectivity index (χ1v) is 3.92. The highest BCUT2D eigenvalue weighted by molar-refractivity contribution is 5.14. The number of nitrogens with two attached hydrogens (primary N) is 1. The van der Waals surface area contributed by atoms with Gasteiger partial charge >= 0.3 is 0 Å². The lowest BCUT2D eigenvalue weighted by Gasteiger charge is -2.15. The van der Waals surface area contributed by atoms with E-state index in [0.29, 0.717) is 5.12 Å². The molecule has 0 spiro atoms. The van der Waals surface area contributed by atoms with Gasteiger partial charge in [0, 0.05) is 0 Å². The molecule has 1 aromatic rings. The van der Waals surface area contributed by atoms with Gasteiger partial charge in [-0.25, -0.2) is 0 Å². The third kappa shape index (κ3) is 2.60. The molecule has 0 aliphatic heterocycles. The first-order valence-electron chi connectivity index (χ1n) is 3.92. The number of rotatable bonds is 3. The summed E-state index contributed by atoms with van der Waals surface area (Å²) in [4.78, 5) is 0. The van der Waals surface area contributed by atoms with Crippen LogP contribution in [-0.2, 0) is 6.54 Å². The highest BCUT2D eigenvalue weighted by Gasteiger charge is 2.07. The highest BCUT2D eigenvalue weighted by atomic mass is 19.2. The van der Waals surface area contributed by atoms with Gasteiger partial charge in [0.2, 0.25) is 0 Å². The zero-order valence-electron chi connectivity index (χ0n) is 7.07. The van der Waals surface area contributed by atoms with Gasteiger partial charge in [-0.3, -0.25) is 0 Å². The summed E-state index contributed by atoms with van der Waals surface area (Å²) in [5.74, 6) is 0. The number of nitrogens with zero attached hydrogens (tertiary/aromatic N) is 1. The van der Waals surface area contributed by atoms with Crippen molar-refractivity contribution in [2.24, 2.45) is 5.73 Å². The predicted octanol–water partition coefficient (Wildman–Crippen LogP) is 1.68. The highest BCUT2D eigenvalue weighted by Crippen LogP contribution is 2.05. The normalized spacial score (nSPS) is 13.3. The molecule has 1 aromatic carbocycles. The van der Waals surface area contributed by atoms with Crippen molar-refractivity contribution in [3.8, 4) is 0 Å². The predicted molar refractivity (Wildman–Crippen MR) is 46.7 cm³/mol. The lowest BCUT2D eigenvalue weighted by Crippen LogP contribution is -2.32. The van der Waals surface area contributed by atoms with Gasteiger partial charge < -0.3 is 5.73 Å². The SMILES string of the molecule is CC(N)N(F)Cc1ccccc1. The summed E-state index contributed by atoms with van der Waals surface area (Å²) >= 11 is 0. The van der Waals surface area contributed by atoms with Gasteiger partial charge in [-0.2, -0.15) is 0 Å². The van der Waals surface area contributed by atoms with Gasteiger partial charge in [0.05, 0.1) is 12.7 Å². The van der Waals surface area contributed by atoms with Crippen molar-refractivity contribution in [3.05, 3.63) is 35.9 Å². The van der Waals surface area contributed by atoms with E-state index in [1.165, 1.54) is 0 Å². The van der Waals surface area contributed by atoms with Crippen LogP contribution in [0.5, 0.6) is 0 Å². The fourth-order valence-corrected chi connectivity index (χ4v) is 0.902. The second-order valence-electron chi connectivity index (χ2n) is 2.78. The fraction of sp³-hybridized carbons (Fsp3) is 0.333. The van der Waals surface area contributed by atoms with E-state index in [2.05, 4.69) is 0 Å². The Hall–Kier alpha value is -0.930. The molecule has 1 rings (SSSR count). The smallest absolute Gasteiger partial charge is 0.0843 e. The van der Waals surface area contributed by atoms with Crippen molar-refractivity contribution in [2.45, 2.75) is 19.6 Å². The molecule has 0 aliphatic rings. The molecule has 12 heavy (non-hydrogen) atoms. The van der Waals surface area contributed by atoms with E-state index in [4.69, 9.17) is 5.73 Å². The molecule has 2 N–H and O–H groups in total. The molecular formula is C9H13FN2. The van der Waals surface area contributed by atoms with Gasteiger partial charge in [-0.05, 0) is 12.5 Å². The van der Waals surface area contributed by atoms with Crippen LogP contribution in [0.25, 0.3) is 0 Å². The molecule has 0 saturated heterocycles. The first-order chi connectivity index (χ1) is 5.70. The molecule has 0 amide bonds. The summed E-state index contributed by atoms with van der Waals surface area (Å²) < 4.78 is 12.9. The third-order valence-corrected chi connectivity index (χ3v) is 1.62. The van der Waals surface area contributed by atoms with E-state index in [1.54, 1.807) is 6.92 Å². The Morgan fingerprint density at radius 3 is 2.50 bits per heavy atom. The third-order valence-electron chi connectivity index (χ3n) is 1.62. The second-order valence-corrected chi connectivity index (χ2v) is 2.78. The van der Waals surface area contributed by atoms with E-state index in [-0.39, 0.29) is 6.54 Å². The van der Waals surface area contributed by atoms with Crippen LogP contribution in [-0.4, -0.2) is 11.3 Å². The van der Waals surface area contributed by atoms with Crippen molar-refractivity contribution in [3.63, 3.8) is 0 Å². The van der Waals surface area contributed by atoms with Gasteiger partial charge in [-0.1, -0.05) is 30.3 Å². The molecule has 0 saturated carbocycles. The Morgan fingerprint density at radius 2 is 2.00 bits per heavy atom. The molecule has 0 fully saturated rings. The molecule has 1 atom stereocenters. The van der Waals surface area contributed by atoms with E-state index < -0.39 is 6.17 Å². The Balaban J connectivity index is 2.53. The average molecular weight is 168 g/mol. The Bertz CT molecular complexity index is 223. The van der Waals surface area contributed by atoms with Crippen LogP contribution in [0.15, 0.2) is 30.3 Å². The zero-order chi connectivity index (χ0) is 8.97. The standard InChI is InChI=1S/C9H13FN2/c1-8(11)12(10)7-9-5-3-2-4-6-9/h2-6,8H,7,11H2,1H3. The van der Waals surface area contributed by atoms with E-state index >= 15 is 0 Å². The summed E-state index contributed by atoms with van der Waals surface area (Å²) in [6.45, 7) is 1.86. The number of benzene rings is 1. The summed E-state index contributed by atoms with van der Waals surface area (Å²) in [5, 5.41) is 0.606. The van der Waals surface area contributed by atoms with Gasteiger partial charge in [-0.15, -0.1) is 9.60 Å². The van der Waals surface area contributed by atoms with Gasteiger partial charge in [0.15, 0.2) is 0 Å². The van der Waals surface area contributed by atoms with Gasteiger partial charge in [0.25, 0.3) is 0 Å². The number of halogens is 1. The van der Waals surface area contributed by atoms with Crippen molar-refractivity contribution in [1.82, 2.24) is 5.12 Å². The van der Waals surface area contributed by atoms with Crippen LogP contribution in [0.4, 0.5) is 4.48 Å². The minimum atomic E-state index is -0.551. The van der Waals surface area contributed by atoms with E-state index in [1.807, 2.05) is 30.3 Å².